The van der Waals surface area contributed by atoms with Gasteiger partial charge in [0, 0.05) is 21.9 Å². The van der Waals surface area contributed by atoms with Gasteiger partial charge < -0.3 is 9.47 Å². The Bertz CT molecular complexity index is 3060. The minimum atomic E-state index is 0.905. The largest absolute Gasteiger partial charge is 0.456 e. The molecule has 2 heterocycles. The van der Waals surface area contributed by atoms with E-state index >= 15 is 0 Å². The van der Waals surface area contributed by atoms with Crippen molar-refractivity contribution in [2.24, 2.45) is 0 Å². The highest BCUT2D eigenvalue weighted by atomic mass is 16.5. The van der Waals surface area contributed by atoms with Crippen LogP contribution in [0.1, 0.15) is 0 Å². The average Bonchev–Trinajstić information content (AvgIpc) is 3.23. The molecule has 0 spiro atoms. The molecule has 0 unspecified atom stereocenters. The molecule has 12 rings (SSSR count). The highest BCUT2D eigenvalue weighted by molar-refractivity contribution is 6.17. The van der Waals surface area contributed by atoms with Gasteiger partial charge in [0.1, 0.15) is 23.0 Å². The van der Waals surface area contributed by atoms with E-state index < -0.39 is 0 Å². The van der Waals surface area contributed by atoms with Crippen molar-refractivity contribution in [2.75, 3.05) is 0 Å². The maximum absolute atomic E-state index is 6.44. The first-order valence-corrected chi connectivity index (χ1v) is 18.5. The Kier molecular flexibility index (Phi) is 6.09. The molecule has 2 nitrogen and oxygen atoms in total. The fourth-order valence-corrected chi connectivity index (χ4v) is 9.19. The van der Waals surface area contributed by atoms with Gasteiger partial charge in [0.15, 0.2) is 0 Å². The second kappa shape index (κ2) is 11.2. The second-order valence-corrected chi connectivity index (χ2v) is 14.3. The second-order valence-electron chi connectivity index (χ2n) is 14.3. The molecule has 2 aliphatic rings. The molecule has 0 amide bonds. The van der Waals surface area contributed by atoms with Gasteiger partial charge in [0.25, 0.3) is 0 Å². The summed E-state index contributed by atoms with van der Waals surface area (Å²) in [5.74, 6) is 3.62. The summed E-state index contributed by atoms with van der Waals surface area (Å²) in [6.45, 7) is 0. The topological polar surface area (TPSA) is 18.5 Å². The number of fused-ring (bicyclic) bond motifs is 6. The average molecular weight is 687 g/mol. The van der Waals surface area contributed by atoms with Gasteiger partial charge >= 0.3 is 0 Å². The molecule has 250 valence electrons. The van der Waals surface area contributed by atoms with E-state index in [2.05, 4.69) is 170 Å². The lowest BCUT2D eigenvalue weighted by Gasteiger charge is -2.23. The fraction of sp³-hybridized carbons (Fsp3) is 0. The number of hydrogen-bond donors (Lipinski definition) is 0. The van der Waals surface area contributed by atoms with E-state index in [4.69, 9.17) is 9.47 Å². The maximum Gasteiger partial charge on any atom is 0.135 e. The summed E-state index contributed by atoms with van der Waals surface area (Å²) in [6, 6.07) is 65.6. The third kappa shape index (κ3) is 4.11. The molecule has 2 heteroatoms. The number of rotatable bonds is 3. The monoisotopic (exact) mass is 686 g/mol. The summed E-state index contributed by atoms with van der Waals surface area (Å²) in [4.78, 5) is 0. The van der Waals surface area contributed by atoms with E-state index in [9.17, 15) is 0 Å². The van der Waals surface area contributed by atoms with Gasteiger partial charge in [-0.3, -0.25) is 0 Å². The molecule has 0 saturated carbocycles. The Morgan fingerprint density at radius 2 is 0.481 bits per heavy atom. The van der Waals surface area contributed by atoms with Gasteiger partial charge in [0.2, 0.25) is 0 Å². The quantitative estimate of drug-likeness (QED) is 0.184. The van der Waals surface area contributed by atoms with E-state index in [0.29, 0.717) is 0 Å². The van der Waals surface area contributed by atoms with Crippen molar-refractivity contribution in [1.82, 2.24) is 0 Å². The summed E-state index contributed by atoms with van der Waals surface area (Å²) in [6.07, 6.45) is 0. The van der Waals surface area contributed by atoms with E-state index in [0.717, 1.165) is 44.9 Å². The predicted octanol–water partition coefficient (Wildman–Crippen LogP) is 14.8. The van der Waals surface area contributed by atoms with Crippen molar-refractivity contribution < 1.29 is 9.47 Å². The van der Waals surface area contributed by atoms with Crippen molar-refractivity contribution in [3.63, 3.8) is 0 Å². The van der Waals surface area contributed by atoms with Crippen LogP contribution in [0, 0.1) is 0 Å². The Labute approximate surface area is 312 Å². The molecular weight excluding hydrogens is 657 g/mol. The number of para-hydroxylation sites is 2. The Morgan fingerprint density at radius 1 is 0.185 bits per heavy atom. The highest BCUT2D eigenvalue weighted by Gasteiger charge is 2.24. The van der Waals surface area contributed by atoms with Crippen molar-refractivity contribution >= 4 is 43.1 Å². The molecule has 2 aliphatic heterocycles. The van der Waals surface area contributed by atoms with Crippen LogP contribution in [0.3, 0.4) is 0 Å². The van der Waals surface area contributed by atoms with E-state index in [1.54, 1.807) is 0 Å². The van der Waals surface area contributed by atoms with E-state index in [-0.39, 0.29) is 0 Å². The zero-order valence-corrected chi connectivity index (χ0v) is 29.1. The van der Waals surface area contributed by atoms with Gasteiger partial charge in [-0.1, -0.05) is 158 Å². The van der Waals surface area contributed by atoms with Crippen LogP contribution in [0.4, 0.5) is 0 Å². The molecule has 0 fully saturated rings. The Morgan fingerprint density at radius 3 is 0.981 bits per heavy atom. The third-order valence-electron chi connectivity index (χ3n) is 11.5. The first-order chi connectivity index (χ1) is 26.8. The summed E-state index contributed by atoms with van der Waals surface area (Å²) in [7, 11) is 0. The molecule has 0 bridgehead atoms. The molecule has 0 aromatic heterocycles. The lowest BCUT2D eigenvalue weighted by atomic mass is 9.86. The highest BCUT2D eigenvalue weighted by Crippen LogP contribution is 2.51. The van der Waals surface area contributed by atoms with Crippen LogP contribution in [-0.2, 0) is 0 Å². The van der Waals surface area contributed by atoms with Gasteiger partial charge in [-0.15, -0.1) is 0 Å². The van der Waals surface area contributed by atoms with Gasteiger partial charge in [-0.2, -0.15) is 0 Å². The SMILES string of the molecule is c1ccc2c(c1)Oc1ccc(-c3cccc4c(-c5cccc6c(-c7ccc8c9c(cccc79)Oc7ccccc7-8)cccc56)cccc34)c3cccc-2c13. The molecule has 0 aliphatic carbocycles. The van der Waals surface area contributed by atoms with Crippen LogP contribution in [-0.4, -0.2) is 0 Å². The smallest absolute Gasteiger partial charge is 0.135 e. The fourth-order valence-electron chi connectivity index (χ4n) is 9.19. The van der Waals surface area contributed by atoms with Crippen LogP contribution >= 0.6 is 0 Å². The molecular formula is C52H30O2. The van der Waals surface area contributed by atoms with E-state index in [1.165, 1.54) is 76.8 Å². The summed E-state index contributed by atoms with van der Waals surface area (Å²) < 4.78 is 12.9. The zero-order chi connectivity index (χ0) is 35.3. The molecule has 0 atom stereocenters. The third-order valence-corrected chi connectivity index (χ3v) is 11.5. The molecule has 0 saturated heterocycles. The van der Waals surface area contributed by atoms with Crippen molar-refractivity contribution in [2.45, 2.75) is 0 Å². The zero-order valence-electron chi connectivity index (χ0n) is 29.1. The number of hydrogen-bond acceptors (Lipinski definition) is 2. The lowest BCUT2D eigenvalue weighted by molar-refractivity contribution is 0.487. The van der Waals surface area contributed by atoms with Crippen LogP contribution in [0.5, 0.6) is 23.0 Å². The van der Waals surface area contributed by atoms with Gasteiger partial charge in [0.05, 0.1) is 0 Å². The van der Waals surface area contributed by atoms with Gasteiger partial charge in [-0.05, 0) is 101 Å². The maximum atomic E-state index is 6.44. The van der Waals surface area contributed by atoms with Crippen LogP contribution in [0.15, 0.2) is 182 Å². The Balaban J connectivity index is 1.04. The van der Waals surface area contributed by atoms with Gasteiger partial charge in [-0.25, -0.2) is 0 Å². The predicted molar refractivity (Wildman–Crippen MR) is 224 cm³/mol. The Hall–Kier alpha value is -7.16. The van der Waals surface area contributed by atoms with Crippen LogP contribution in [0.2, 0.25) is 0 Å². The number of benzene rings is 10. The minimum Gasteiger partial charge on any atom is -0.456 e. The summed E-state index contributed by atoms with van der Waals surface area (Å²) in [5.41, 5.74) is 12.0. The van der Waals surface area contributed by atoms with Crippen LogP contribution in [0.25, 0.3) is 98.7 Å². The first kappa shape index (κ1) is 29.4. The normalized spacial score (nSPS) is 12.4. The molecule has 0 N–H and O–H groups in total. The molecule has 0 radical (unpaired) electrons. The lowest BCUT2D eigenvalue weighted by Crippen LogP contribution is -1.98. The first-order valence-electron chi connectivity index (χ1n) is 18.5. The number of ether oxygens (including phenoxy) is 2. The molecule has 10 aromatic carbocycles. The van der Waals surface area contributed by atoms with Crippen molar-refractivity contribution in [3.05, 3.63) is 182 Å². The standard InChI is InChI=1S/C52H30O2/c1-3-24-47-41(11-1)45-22-9-21-43-40(29-30-50(54-47)51(43)45)38-20-8-16-34-32(14-6-18-36(34)38)31-13-5-17-35-33(31)15-7-19-37(35)39-27-28-46-42-12-2-4-25-48(42)53-49-26-10-23-44(39)52(46)49/h1-30H. The van der Waals surface area contributed by atoms with Crippen molar-refractivity contribution in [1.29, 1.82) is 0 Å². The van der Waals surface area contributed by atoms with Crippen molar-refractivity contribution in [3.8, 4) is 78.6 Å². The summed E-state index contributed by atoms with van der Waals surface area (Å²) in [5, 5.41) is 9.63. The van der Waals surface area contributed by atoms with E-state index in [1.807, 2.05) is 12.1 Å². The minimum absolute atomic E-state index is 0.905. The summed E-state index contributed by atoms with van der Waals surface area (Å²) >= 11 is 0. The van der Waals surface area contributed by atoms with Crippen LogP contribution < -0.4 is 9.47 Å². The molecule has 10 aromatic rings. The molecule has 54 heavy (non-hydrogen) atoms.